The molecule has 4 aromatic heterocycles. The molecule has 4 rings (SSSR count). The molecule has 0 spiro atoms. The zero-order chi connectivity index (χ0) is 22.2. The average Bonchev–Trinajstić information content (AvgIpc) is 3.38. The van der Waals surface area contributed by atoms with Crippen LogP contribution in [-0.2, 0) is 32.8 Å². The molecule has 0 saturated heterocycles. The molecule has 4 aromatic rings. The largest absolute Gasteiger partial charge is 2.00 e. The molecule has 0 aliphatic rings. The van der Waals surface area contributed by atoms with Gasteiger partial charge in [-0.15, -0.1) is 12.1 Å². The Morgan fingerprint density at radius 2 is 1.09 bits per heavy atom. The van der Waals surface area contributed by atoms with Crippen LogP contribution in [0.15, 0.2) is 58.6 Å². The molecule has 32 heavy (non-hydrogen) atoms. The van der Waals surface area contributed by atoms with Crippen LogP contribution in [0.4, 0.5) is 26.3 Å². The van der Waals surface area contributed by atoms with Gasteiger partial charge in [0.05, 0.1) is 33.1 Å². The van der Waals surface area contributed by atoms with Gasteiger partial charge in [0.2, 0.25) is 0 Å². The molecule has 14 heteroatoms. The van der Waals surface area contributed by atoms with E-state index in [9.17, 15) is 26.3 Å². The summed E-state index contributed by atoms with van der Waals surface area (Å²) in [5, 5.41) is 7.58. The quantitative estimate of drug-likeness (QED) is 0.207. The first-order valence-electron chi connectivity index (χ1n) is 8.32. The van der Waals surface area contributed by atoms with Crippen LogP contribution in [0.5, 0.6) is 0 Å². The number of hydrogen-bond acceptors (Lipinski definition) is 5. The van der Waals surface area contributed by atoms with Crippen LogP contribution in [0.25, 0.3) is 11.6 Å². The molecule has 168 valence electrons. The van der Waals surface area contributed by atoms with E-state index in [0.717, 1.165) is 21.1 Å². The van der Waals surface area contributed by atoms with Crippen molar-refractivity contribution in [3.05, 3.63) is 72.3 Å². The standard InChI is InChI=1S/C18H8F6N6S.Pd/c19-17(20,21)11-7-9-29(27-11)13-3-1-5-15(25-13)31-16-6-2-4-14(26-16)30-10-8-12(28-30)18(22,23)24;/h1-8H;/q-2;+2. The van der Waals surface area contributed by atoms with Crippen molar-refractivity contribution >= 4 is 11.8 Å². The summed E-state index contributed by atoms with van der Waals surface area (Å²) in [7, 11) is 0. The molecule has 0 fully saturated rings. The minimum atomic E-state index is -4.60. The minimum Gasteiger partial charge on any atom is -0.343 e. The van der Waals surface area contributed by atoms with Gasteiger partial charge in [-0.1, -0.05) is 48.4 Å². The number of hydrogen-bond donors (Lipinski definition) is 0. The summed E-state index contributed by atoms with van der Waals surface area (Å²) in [5.74, 6) is 0.207. The molecule has 0 radical (unpaired) electrons. The molecule has 0 aliphatic carbocycles. The van der Waals surface area contributed by atoms with Gasteiger partial charge in [0.15, 0.2) is 0 Å². The number of nitrogens with zero attached hydrogens (tertiary/aromatic N) is 6. The van der Waals surface area contributed by atoms with Gasteiger partial charge in [0, 0.05) is 0 Å². The van der Waals surface area contributed by atoms with Crippen molar-refractivity contribution in [3.63, 3.8) is 0 Å². The summed E-state index contributed by atoms with van der Waals surface area (Å²) in [5.41, 5.74) is -2.20. The second-order valence-electron chi connectivity index (χ2n) is 5.91. The zero-order valence-corrected chi connectivity index (χ0v) is 17.7. The molecule has 6 nitrogen and oxygen atoms in total. The SMILES string of the molecule is FC(F)(F)c1c[c-]n(-c2cccc(Sc3cccc(-n4[c-]cc(C(F)(F)F)n4)n3)n2)n1.[Pd+2]. The Morgan fingerprint density at radius 3 is 1.44 bits per heavy atom. The Morgan fingerprint density at radius 1 is 0.688 bits per heavy atom. The number of halogens is 6. The van der Waals surface area contributed by atoms with E-state index < -0.39 is 23.7 Å². The van der Waals surface area contributed by atoms with E-state index in [1.54, 1.807) is 24.3 Å². The molecule has 0 N–H and O–H groups in total. The molecule has 0 amide bonds. The van der Waals surface area contributed by atoms with Crippen LogP contribution >= 0.6 is 11.8 Å². The molecule has 4 heterocycles. The fourth-order valence-electron chi connectivity index (χ4n) is 2.35. The number of pyridine rings is 2. The van der Waals surface area contributed by atoms with Crippen LogP contribution < -0.4 is 0 Å². The summed E-state index contributed by atoms with van der Waals surface area (Å²) in [6.45, 7) is 0. The molecular formula is C18H8F6N6PdS. The molecule has 0 aromatic carbocycles. The van der Waals surface area contributed by atoms with E-state index in [2.05, 4.69) is 32.6 Å². The van der Waals surface area contributed by atoms with Crippen LogP contribution in [0, 0.1) is 12.4 Å². The van der Waals surface area contributed by atoms with Crippen LogP contribution in [0.1, 0.15) is 11.4 Å². The van der Waals surface area contributed by atoms with Gasteiger partial charge in [0.1, 0.15) is 0 Å². The Labute approximate surface area is 194 Å². The Bertz CT molecular complexity index is 1130. The fraction of sp³-hybridized carbons (Fsp3) is 0.111. The van der Waals surface area contributed by atoms with Gasteiger partial charge >= 0.3 is 32.8 Å². The summed E-state index contributed by atoms with van der Waals surface area (Å²) < 4.78 is 78.1. The second kappa shape index (κ2) is 9.05. The smallest absolute Gasteiger partial charge is 0.343 e. The Balaban J connectivity index is 0.00000289. The first kappa shape index (κ1) is 24.0. The number of alkyl halides is 6. The third kappa shape index (κ3) is 5.38. The van der Waals surface area contributed by atoms with E-state index >= 15 is 0 Å². The summed E-state index contributed by atoms with van der Waals surface area (Å²) >= 11 is 1.05. The molecular weight excluding hydrogens is 553 g/mol. The van der Waals surface area contributed by atoms with Gasteiger partial charge < -0.3 is 9.36 Å². The topological polar surface area (TPSA) is 61.4 Å². The van der Waals surface area contributed by atoms with Gasteiger partial charge in [-0.25, -0.2) is 0 Å². The van der Waals surface area contributed by atoms with Crippen molar-refractivity contribution in [2.75, 3.05) is 0 Å². The van der Waals surface area contributed by atoms with Crippen LogP contribution in [-0.4, -0.2) is 29.5 Å². The predicted molar refractivity (Wildman–Crippen MR) is 94.5 cm³/mol. The second-order valence-corrected chi connectivity index (χ2v) is 6.95. The van der Waals surface area contributed by atoms with Gasteiger partial charge in [-0.2, -0.15) is 26.3 Å². The van der Waals surface area contributed by atoms with Crippen molar-refractivity contribution in [2.45, 2.75) is 22.4 Å². The van der Waals surface area contributed by atoms with Crippen molar-refractivity contribution in [3.8, 4) is 11.6 Å². The van der Waals surface area contributed by atoms with Crippen LogP contribution in [0.3, 0.4) is 0 Å². The van der Waals surface area contributed by atoms with Crippen LogP contribution in [0.2, 0.25) is 0 Å². The predicted octanol–water partition coefficient (Wildman–Crippen LogP) is 4.63. The van der Waals surface area contributed by atoms with E-state index in [1.807, 2.05) is 0 Å². The normalized spacial score (nSPS) is 11.9. The average molecular weight is 561 g/mol. The van der Waals surface area contributed by atoms with Gasteiger partial charge in [-0.3, -0.25) is 20.2 Å². The summed E-state index contributed by atoms with van der Waals surface area (Å²) in [6.07, 6.45) is -4.50. The van der Waals surface area contributed by atoms with Crippen molar-refractivity contribution in [1.82, 2.24) is 29.5 Å². The minimum absolute atomic E-state index is 0. The van der Waals surface area contributed by atoms with E-state index in [4.69, 9.17) is 0 Å². The monoisotopic (exact) mass is 560 g/mol. The summed E-state index contributed by atoms with van der Waals surface area (Å²) in [4.78, 5) is 8.44. The Kier molecular flexibility index (Phi) is 6.78. The molecule has 0 saturated carbocycles. The molecule has 0 aliphatic heterocycles. The number of aromatic nitrogens is 6. The maximum absolute atomic E-state index is 12.7. The molecule has 0 bridgehead atoms. The maximum Gasteiger partial charge on any atom is 2.00 e. The summed E-state index contributed by atoms with van der Waals surface area (Å²) in [6, 6.07) is 10.6. The van der Waals surface area contributed by atoms with E-state index in [-0.39, 0.29) is 32.1 Å². The van der Waals surface area contributed by atoms with Gasteiger partial charge in [0.25, 0.3) is 0 Å². The van der Waals surface area contributed by atoms with Crippen molar-refractivity contribution < 1.29 is 46.8 Å². The Hall–Kier alpha value is -2.69. The van der Waals surface area contributed by atoms with E-state index in [1.165, 1.54) is 12.1 Å². The van der Waals surface area contributed by atoms with Crippen molar-refractivity contribution in [1.29, 1.82) is 0 Å². The molecule has 0 unspecified atom stereocenters. The third-order valence-corrected chi connectivity index (χ3v) is 4.58. The first-order valence-corrected chi connectivity index (χ1v) is 9.14. The van der Waals surface area contributed by atoms with Gasteiger partial charge in [-0.05, 0) is 12.1 Å². The number of rotatable bonds is 4. The maximum atomic E-state index is 12.7. The zero-order valence-electron chi connectivity index (χ0n) is 15.3. The fourth-order valence-corrected chi connectivity index (χ4v) is 3.14. The first-order chi connectivity index (χ1) is 14.6. The van der Waals surface area contributed by atoms with E-state index in [0.29, 0.717) is 22.2 Å². The third-order valence-electron chi connectivity index (χ3n) is 3.70. The van der Waals surface area contributed by atoms with Crippen molar-refractivity contribution in [2.24, 2.45) is 0 Å². The molecule has 0 atom stereocenters.